The molecule has 0 aliphatic carbocycles. The van der Waals surface area contributed by atoms with Gasteiger partial charge in [0.25, 0.3) is 0 Å². The molecule has 0 aliphatic heterocycles. The number of phenols is 1. The summed E-state index contributed by atoms with van der Waals surface area (Å²) >= 11 is 5.81. The van der Waals surface area contributed by atoms with Crippen LogP contribution >= 0.6 is 11.6 Å². The van der Waals surface area contributed by atoms with Crippen LogP contribution in [0.3, 0.4) is 0 Å². The third-order valence-electron chi connectivity index (χ3n) is 2.01. The summed E-state index contributed by atoms with van der Waals surface area (Å²) in [5, 5.41) is 9.65. The third kappa shape index (κ3) is 1.99. The zero-order valence-corrected chi connectivity index (χ0v) is 8.97. The standard InChI is InChI=1S/C10H11ClO3/c1-5-6(2)10(14-7(3)12)8(11)4-9(5)13/h4,13H,1-3H3. The fourth-order valence-corrected chi connectivity index (χ4v) is 1.39. The minimum absolute atomic E-state index is 0.100. The number of carbonyl (C=O) groups is 1. The van der Waals surface area contributed by atoms with E-state index in [0.717, 1.165) is 0 Å². The van der Waals surface area contributed by atoms with Crippen molar-refractivity contribution >= 4 is 17.6 Å². The van der Waals surface area contributed by atoms with Crippen LogP contribution in [0.1, 0.15) is 18.1 Å². The van der Waals surface area contributed by atoms with E-state index in [1.807, 2.05) is 0 Å². The number of aromatic hydroxyl groups is 1. The number of benzene rings is 1. The second-order valence-electron chi connectivity index (χ2n) is 3.05. The third-order valence-corrected chi connectivity index (χ3v) is 2.29. The van der Waals surface area contributed by atoms with Crippen LogP contribution in [0.4, 0.5) is 0 Å². The van der Waals surface area contributed by atoms with Gasteiger partial charge >= 0.3 is 5.97 Å². The van der Waals surface area contributed by atoms with E-state index >= 15 is 0 Å². The zero-order valence-electron chi connectivity index (χ0n) is 8.22. The van der Waals surface area contributed by atoms with Crippen molar-refractivity contribution in [3.8, 4) is 11.5 Å². The minimum Gasteiger partial charge on any atom is -0.508 e. The Kier molecular flexibility index (Phi) is 3.01. The van der Waals surface area contributed by atoms with Gasteiger partial charge in [0.15, 0.2) is 5.75 Å². The van der Waals surface area contributed by atoms with Gasteiger partial charge in [-0.1, -0.05) is 11.6 Å². The topological polar surface area (TPSA) is 46.5 Å². The second kappa shape index (κ2) is 3.88. The maximum atomic E-state index is 10.8. The molecule has 14 heavy (non-hydrogen) atoms. The van der Waals surface area contributed by atoms with E-state index in [1.54, 1.807) is 13.8 Å². The highest BCUT2D eigenvalue weighted by Crippen LogP contribution is 2.36. The van der Waals surface area contributed by atoms with Crippen molar-refractivity contribution in [2.45, 2.75) is 20.8 Å². The fourth-order valence-electron chi connectivity index (χ4n) is 1.10. The van der Waals surface area contributed by atoms with Crippen LogP contribution in [0.5, 0.6) is 11.5 Å². The molecule has 0 atom stereocenters. The lowest BCUT2D eigenvalue weighted by atomic mass is 10.1. The van der Waals surface area contributed by atoms with Gasteiger partial charge in [-0.05, 0) is 25.0 Å². The van der Waals surface area contributed by atoms with Gasteiger partial charge in [0, 0.05) is 13.0 Å². The smallest absolute Gasteiger partial charge is 0.308 e. The summed E-state index contributed by atoms with van der Waals surface area (Å²) in [7, 11) is 0. The molecule has 76 valence electrons. The molecular weight excluding hydrogens is 204 g/mol. The molecule has 0 aromatic heterocycles. The molecule has 0 unspecified atom stereocenters. The highest BCUT2D eigenvalue weighted by molar-refractivity contribution is 6.32. The summed E-state index contributed by atoms with van der Waals surface area (Å²) in [5.41, 5.74) is 1.33. The quantitative estimate of drug-likeness (QED) is 0.577. The van der Waals surface area contributed by atoms with Crippen molar-refractivity contribution in [1.82, 2.24) is 0 Å². The van der Waals surface area contributed by atoms with E-state index in [1.165, 1.54) is 13.0 Å². The molecule has 0 spiro atoms. The lowest BCUT2D eigenvalue weighted by Crippen LogP contribution is -2.04. The largest absolute Gasteiger partial charge is 0.508 e. The minimum atomic E-state index is -0.430. The monoisotopic (exact) mass is 214 g/mol. The van der Waals surface area contributed by atoms with Crippen molar-refractivity contribution in [3.05, 3.63) is 22.2 Å². The normalized spacial score (nSPS) is 10.0. The van der Waals surface area contributed by atoms with Gasteiger partial charge in [-0.2, -0.15) is 0 Å². The highest BCUT2D eigenvalue weighted by Gasteiger charge is 2.13. The maximum Gasteiger partial charge on any atom is 0.308 e. The summed E-state index contributed by atoms with van der Waals surface area (Å²) in [6.45, 7) is 4.77. The molecule has 1 aromatic carbocycles. The van der Waals surface area contributed by atoms with Crippen LogP contribution in [-0.4, -0.2) is 11.1 Å². The number of hydrogen-bond acceptors (Lipinski definition) is 3. The lowest BCUT2D eigenvalue weighted by molar-refractivity contribution is -0.131. The first-order chi connectivity index (χ1) is 6.43. The zero-order chi connectivity index (χ0) is 10.9. The van der Waals surface area contributed by atoms with Crippen molar-refractivity contribution in [2.24, 2.45) is 0 Å². The molecule has 0 aliphatic rings. The van der Waals surface area contributed by atoms with Crippen LogP contribution in [-0.2, 0) is 4.79 Å². The Labute approximate surface area is 87.3 Å². The maximum absolute atomic E-state index is 10.8. The SMILES string of the molecule is CC(=O)Oc1c(Cl)cc(O)c(C)c1C. The fraction of sp³-hybridized carbons (Fsp3) is 0.300. The molecule has 0 heterocycles. The first-order valence-electron chi connectivity index (χ1n) is 4.10. The van der Waals surface area contributed by atoms with Gasteiger partial charge in [-0.3, -0.25) is 4.79 Å². The van der Waals surface area contributed by atoms with Gasteiger partial charge in [-0.15, -0.1) is 0 Å². The van der Waals surface area contributed by atoms with E-state index in [2.05, 4.69) is 0 Å². The van der Waals surface area contributed by atoms with E-state index in [9.17, 15) is 9.90 Å². The van der Waals surface area contributed by atoms with Crippen molar-refractivity contribution in [2.75, 3.05) is 0 Å². The van der Waals surface area contributed by atoms with Gasteiger partial charge in [0.05, 0.1) is 5.02 Å². The number of esters is 1. The Hall–Kier alpha value is -1.22. The number of ether oxygens (including phenoxy) is 1. The molecule has 0 fully saturated rings. The Morgan fingerprint density at radius 2 is 2.00 bits per heavy atom. The molecule has 0 saturated heterocycles. The number of halogens is 1. The predicted molar refractivity (Wildman–Crippen MR) is 53.9 cm³/mol. The van der Waals surface area contributed by atoms with Gasteiger partial charge in [0.1, 0.15) is 5.75 Å². The molecule has 1 rings (SSSR count). The number of rotatable bonds is 1. The Morgan fingerprint density at radius 1 is 1.43 bits per heavy atom. The molecule has 1 N–H and O–H groups in total. The van der Waals surface area contributed by atoms with Crippen LogP contribution < -0.4 is 4.74 Å². The molecule has 1 aromatic rings. The molecule has 0 bridgehead atoms. The first-order valence-corrected chi connectivity index (χ1v) is 4.48. The predicted octanol–water partition coefficient (Wildman–Crippen LogP) is 2.59. The van der Waals surface area contributed by atoms with Crippen molar-refractivity contribution < 1.29 is 14.6 Å². The Morgan fingerprint density at radius 3 is 2.50 bits per heavy atom. The summed E-state index contributed by atoms with van der Waals surface area (Å²) < 4.78 is 4.93. The van der Waals surface area contributed by atoms with E-state index < -0.39 is 5.97 Å². The number of phenolic OH excluding ortho intramolecular Hbond substituents is 1. The van der Waals surface area contributed by atoms with E-state index in [0.29, 0.717) is 16.9 Å². The Bertz CT molecular complexity index is 385. The van der Waals surface area contributed by atoms with E-state index in [-0.39, 0.29) is 10.8 Å². The molecule has 0 radical (unpaired) electrons. The van der Waals surface area contributed by atoms with Crippen LogP contribution in [0.2, 0.25) is 5.02 Å². The summed E-state index contributed by atoms with van der Waals surface area (Å²) in [4.78, 5) is 10.8. The Balaban J connectivity index is 3.29. The average molecular weight is 215 g/mol. The molecule has 0 saturated carbocycles. The molecule has 4 heteroatoms. The summed E-state index contributed by atoms with van der Waals surface area (Å²) in [6.07, 6.45) is 0. The first kappa shape index (κ1) is 10.9. The van der Waals surface area contributed by atoms with Gasteiger partial charge < -0.3 is 9.84 Å². The summed E-state index contributed by atoms with van der Waals surface area (Å²) in [5.74, 6) is -0.0158. The second-order valence-corrected chi connectivity index (χ2v) is 3.46. The highest BCUT2D eigenvalue weighted by atomic mass is 35.5. The van der Waals surface area contributed by atoms with Crippen LogP contribution in [0.15, 0.2) is 6.07 Å². The summed E-state index contributed by atoms with van der Waals surface area (Å²) in [6, 6.07) is 1.36. The van der Waals surface area contributed by atoms with Crippen molar-refractivity contribution in [1.29, 1.82) is 0 Å². The van der Waals surface area contributed by atoms with Gasteiger partial charge in [-0.25, -0.2) is 0 Å². The molecule has 0 amide bonds. The number of carbonyl (C=O) groups excluding carboxylic acids is 1. The lowest BCUT2D eigenvalue weighted by Gasteiger charge is -2.11. The van der Waals surface area contributed by atoms with Gasteiger partial charge in [0.2, 0.25) is 0 Å². The van der Waals surface area contributed by atoms with E-state index in [4.69, 9.17) is 16.3 Å². The van der Waals surface area contributed by atoms with Crippen molar-refractivity contribution in [3.63, 3.8) is 0 Å². The molecular formula is C10H11ClO3. The molecule has 3 nitrogen and oxygen atoms in total. The van der Waals surface area contributed by atoms with Crippen LogP contribution in [0.25, 0.3) is 0 Å². The average Bonchev–Trinajstić information content (AvgIpc) is 2.09. The number of hydrogen-bond donors (Lipinski definition) is 1. The van der Waals surface area contributed by atoms with Crippen LogP contribution in [0, 0.1) is 13.8 Å².